The normalized spacial score (nSPS) is 11.1. The number of Topliss-reactive ketones (excluding diaryl/α,β-unsaturated/α-hetero) is 1. The van der Waals surface area contributed by atoms with Crippen molar-refractivity contribution in [2.24, 2.45) is 0 Å². The maximum Gasteiger partial charge on any atom is 0.345 e. The summed E-state index contributed by atoms with van der Waals surface area (Å²) >= 11 is 5.61. The van der Waals surface area contributed by atoms with Gasteiger partial charge in [0.2, 0.25) is 5.78 Å². The molecule has 0 aliphatic carbocycles. The number of rotatable bonds is 6. The van der Waals surface area contributed by atoms with Gasteiger partial charge in [-0.05, 0) is 32.0 Å². The molecule has 1 aromatic rings. The lowest BCUT2D eigenvalue weighted by Gasteiger charge is -2.07. The third-order valence-electron chi connectivity index (χ3n) is 2.29. The summed E-state index contributed by atoms with van der Waals surface area (Å²) in [5.74, 6) is -2.08. The first-order valence-corrected chi connectivity index (χ1v) is 6.37. The number of hydrogen-bond donors (Lipinski definition) is 0. The van der Waals surface area contributed by atoms with Crippen LogP contribution < -0.4 is 0 Å². The Bertz CT molecular complexity index is 540. The molecule has 0 aliphatic heterocycles. The molecular weight excluding hydrogens is 287 g/mol. The number of hydrogen-bond acceptors (Lipinski definition) is 4. The van der Waals surface area contributed by atoms with Gasteiger partial charge in [-0.1, -0.05) is 11.6 Å². The summed E-state index contributed by atoms with van der Waals surface area (Å²) in [5, 5.41) is -0.199. The third kappa shape index (κ3) is 4.06. The summed E-state index contributed by atoms with van der Waals surface area (Å²) in [6.07, 6.45) is 1.04. The molecule has 0 heterocycles. The maximum atomic E-state index is 13.1. The molecule has 0 N–H and O–H groups in total. The molecule has 1 rings (SSSR count). The van der Waals surface area contributed by atoms with Crippen LogP contribution in [0.4, 0.5) is 4.39 Å². The summed E-state index contributed by atoms with van der Waals surface area (Å²) in [5.41, 5.74) is -0.188. The summed E-state index contributed by atoms with van der Waals surface area (Å²) in [4.78, 5) is 23.9. The molecule has 1 aromatic carbocycles. The quantitative estimate of drug-likeness (QED) is 0.202. The van der Waals surface area contributed by atoms with Crippen LogP contribution in [-0.4, -0.2) is 25.0 Å². The molecule has 6 heteroatoms. The summed E-state index contributed by atoms with van der Waals surface area (Å²) < 4.78 is 22.8. The molecule has 4 nitrogen and oxygen atoms in total. The van der Waals surface area contributed by atoms with Gasteiger partial charge in [0.1, 0.15) is 17.7 Å². The molecule has 0 aromatic heterocycles. The maximum absolute atomic E-state index is 13.1. The van der Waals surface area contributed by atoms with E-state index in [4.69, 9.17) is 21.1 Å². The zero-order valence-corrected chi connectivity index (χ0v) is 11.9. The van der Waals surface area contributed by atoms with Gasteiger partial charge in [0.15, 0.2) is 0 Å². The van der Waals surface area contributed by atoms with E-state index in [-0.39, 0.29) is 22.8 Å². The number of ether oxygens (including phenoxy) is 2. The monoisotopic (exact) mass is 300 g/mol. The van der Waals surface area contributed by atoms with Crippen molar-refractivity contribution < 1.29 is 23.5 Å². The Kier molecular flexibility index (Phi) is 6.18. The van der Waals surface area contributed by atoms with Gasteiger partial charge in [0.25, 0.3) is 0 Å². The third-order valence-corrected chi connectivity index (χ3v) is 2.58. The predicted molar refractivity (Wildman–Crippen MR) is 72.1 cm³/mol. The molecule has 20 heavy (non-hydrogen) atoms. The van der Waals surface area contributed by atoms with Crippen LogP contribution in [0, 0.1) is 5.82 Å². The van der Waals surface area contributed by atoms with Crippen LogP contribution >= 0.6 is 11.6 Å². The van der Waals surface area contributed by atoms with Gasteiger partial charge in [0, 0.05) is 5.56 Å². The molecule has 108 valence electrons. The predicted octanol–water partition coefficient (Wildman–Crippen LogP) is 3.15. The van der Waals surface area contributed by atoms with E-state index in [1.54, 1.807) is 13.8 Å². The van der Waals surface area contributed by atoms with Crippen molar-refractivity contribution >= 4 is 23.4 Å². The highest BCUT2D eigenvalue weighted by Gasteiger charge is 2.22. The van der Waals surface area contributed by atoms with Crippen LogP contribution in [-0.2, 0) is 14.3 Å². The zero-order valence-electron chi connectivity index (χ0n) is 11.1. The molecule has 0 spiro atoms. The minimum absolute atomic E-state index is 0.0791. The highest BCUT2D eigenvalue weighted by Crippen LogP contribution is 2.19. The van der Waals surface area contributed by atoms with Crippen molar-refractivity contribution in [3.05, 3.63) is 46.4 Å². The van der Waals surface area contributed by atoms with E-state index < -0.39 is 17.6 Å². The Morgan fingerprint density at radius 3 is 2.55 bits per heavy atom. The molecule has 0 bridgehead atoms. The molecule has 0 amide bonds. The van der Waals surface area contributed by atoms with E-state index in [9.17, 15) is 14.0 Å². The van der Waals surface area contributed by atoms with Crippen LogP contribution in [0.25, 0.3) is 0 Å². The first-order chi connectivity index (χ1) is 9.51. The fourth-order valence-electron chi connectivity index (χ4n) is 1.36. The lowest BCUT2D eigenvalue weighted by Crippen LogP contribution is -2.17. The molecule has 0 unspecified atom stereocenters. The average Bonchev–Trinajstić information content (AvgIpc) is 2.42. The summed E-state index contributed by atoms with van der Waals surface area (Å²) in [7, 11) is 0. The highest BCUT2D eigenvalue weighted by atomic mass is 35.5. The van der Waals surface area contributed by atoms with Crippen LogP contribution in [0.15, 0.2) is 30.0 Å². The Morgan fingerprint density at radius 2 is 2.00 bits per heavy atom. The number of ketones is 1. The molecule has 0 aliphatic rings. The molecule has 0 atom stereocenters. The van der Waals surface area contributed by atoms with Crippen molar-refractivity contribution in [3.8, 4) is 0 Å². The first kappa shape index (κ1) is 16.2. The highest BCUT2D eigenvalue weighted by molar-refractivity contribution is 6.32. The molecular formula is C14H14ClFO4. The van der Waals surface area contributed by atoms with Crippen molar-refractivity contribution in [2.45, 2.75) is 13.8 Å². The SMILES string of the molecule is CCO/C=C(\C(=O)OCC)C(=O)c1ccc(F)c(Cl)c1. The fourth-order valence-corrected chi connectivity index (χ4v) is 1.54. The van der Waals surface area contributed by atoms with Gasteiger partial charge in [-0.2, -0.15) is 0 Å². The second-order valence-corrected chi connectivity index (χ2v) is 4.07. The number of benzene rings is 1. The Morgan fingerprint density at radius 1 is 1.30 bits per heavy atom. The second-order valence-electron chi connectivity index (χ2n) is 3.67. The minimum atomic E-state index is -0.800. The first-order valence-electron chi connectivity index (χ1n) is 5.99. The number of carbonyl (C=O) groups excluding carboxylic acids is 2. The summed E-state index contributed by atoms with van der Waals surface area (Å²) in [6.45, 7) is 3.74. The lowest BCUT2D eigenvalue weighted by atomic mass is 10.0. The second kappa shape index (κ2) is 7.65. The van der Waals surface area contributed by atoms with Crippen molar-refractivity contribution in [1.82, 2.24) is 0 Å². The number of esters is 1. The minimum Gasteiger partial charge on any atom is -0.500 e. The van der Waals surface area contributed by atoms with Crippen molar-refractivity contribution in [3.63, 3.8) is 0 Å². The molecule has 0 radical (unpaired) electrons. The van der Waals surface area contributed by atoms with Crippen LogP contribution in [0.2, 0.25) is 5.02 Å². The van der Waals surface area contributed by atoms with E-state index in [1.165, 1.54) is 6.07 Å². The largest absolute Gasteiger partial charge is 0.500 e. The topological polar surface area (TPSA) is 52.6 Å². The van der Waals surface area contributed by atoms with Gasteiger partial charge in [-0.15, -0.1) is 0 Å². The molecule has 0 saturated carbocycles. The lowest BCUT2D eigenvalue weighted by molar-refractivity contribution is -0.138. The molecule has 0 saturated heterocycles. The van der Waals surface area contributed by atoms with E-state index in [1.807, 2.05) is 0 Å². The van der Waals surface area contributed by atoms with Crippen LogP contribution in [0.5, 0.6) is 0 Å². The van der Waals surface area contributed by atoms with E-state index in [0.717, 1.165) is 18.4 Å². The zero-order chi connectivity index (χ0) is 15.1. The van der Waals surface area contributed by atoms with Gasteiger partial charge in [0.05, 0.1) is 18.2 Å². The fraction of sp³-hybridized carbons (Fsp3) is 0.286. The van der Waals surface area contributed by atoms with Gasteiger partial charge in [-0.3, -0.25) is 4.79 Å². The van der Waals surface area contributed by atoms with E-state index in [2.05, 4.69) is 0 Å². The van der Waals surface area contributed by atoms with Crippen LogP contribution in [0.3, 0.4) is 0 Å². The molecule has 0 fully saturated rings. The van der Waals surface area contributed by atoms with Gasteiger partial charge < -0.3 is 9.47 Å². The van der Waals surface area contributed by atoms with Crippen LogP contribution in [0.1, 0.15) is 24.2 Å². The standard InChI is InChI=1S/C14H14ClFO4/c1-3-19-8-10(14(18)20-4-2)13(17)9-5-6-12(16)11(15)7-9/h5-8H,3-4H2,1-2H3/b10-8-. The van der Waals surface area contributed by atoms with E-state index in [0.29, 0.717) is 6.61 Å². The Balaban J connectivity index is 3.09. The summed E-state index contributed by atoms with van der Waals surface area (Å²) in [6, 6.07) is 3.44. The van der Waals surface area contributed by atoms with Gasteiger partial charge >= 0.3 is 5.97 Å². The Labute approximate surface area is 121 Å². The van der Waals surface area contributed by atoms with Gasteiger partial charge in [-0.25, -0.2) is 9.18 Å². The van der Waals surface area contributed by atoms with Crippen molar-refractivity contribution in [2.75, 3.05) is 13.2 Å². The number of halogens is 2. The average molecular weight is 301 g/mol. The van der Waals surface area contributed by atoms with E-state index >= 15 is 0 Å². The van der Waals surface area contributed by atoms with Crippen molar-refractivity contribution in [1.29, 1.82) is 0 Å². The number of carbonyl (C=O) groups is 2. The Hall–Kier alpha value is -1.88. The smallest absolute Gasteiger partial charge is 0.345 e.